The van der Waals surface area contributed by atoms with Crippen molar-refractivity contribution >= 4 is 23.5 Å². The first kappa shape index (κ1) is 13.0. The lowest BCUT2D eigenvalue weighted by molar-refractivity contribution is 0.0691. The highest BCUT2D eigenvalue weighted by Gasteiger charge is 2.16. The predicted molar refractivity (Wildman–Crippen MR) is 67.0 cm³/mol. The molecule has 0 bridgehead atoms. The molecule has 0 radical (unpaired) electrons. The van der Waals surface area contributed by atoms with Gasteiger partial charge in [-0.15, -0.1) is 0 Å². The van der Waals surface area contributed by atoms with Crippen LogP contribution in [-0.2, 0) is 0 Å². The number of hydrogen-bond acceptors (Lipinski definition) is 6. The lowest BCUT2D eigenvalue weighted by Gasteiger charge is -2.04. The van der Waals surface area contributed by atoms with Gasteiger partial charge in [-0.1, -0.05) is 6.07 Å². The standard InChI is InChI=1S/C12H9NO5S/c1-17-7-3-2-4-8(5-7)18-12(16)10-6-9(11(14)15)13-19-10/h2-6H,1H3,(H,14,15). The fraction of sp³-hybridized carbons (Fsp3) is 0.0833. The molecular weight excluding hydrogens is 270 g/mol. The maximum absolute atomic E-state index is 11.8. The zero-order chi connectivity index (χ0) is 13.8. The second-order valence-electron chi connectivity index (χ2n) is 3.45. The SMILES string of the molecule is COc1cccc(OC(=O)c2cc(C(=O)O)ns2)c1. The molecule has 7 heteroatoms. The van der Waals surface area contributed by atoms with E-state index in [4.69, 9.17) is 14.6 Å². The molecule has 1 aromatic heterocycles. The van der Waals surface area contributed by atoms with Gasteiger partial charge in [-0.05, 0) is 29.7 Å². The van der Waals surface area contributed by atoms with E-state index in [0.717, 1.165) is 11.5 Å². The predicted octanol–water partition coefficient (Wildman–Crippen LogP) is 2.07. The maximum Gasteiger partial charge on any atom is 0.355 e. The van der Waals surface area contributed by atoms with Crippen molar-refractivity contribution in [3.63, 3.8) is 0 Å². The molecule has 1 aromatic carbocycles. The van der Waals surface area contributed by atoms with Gasteiger partial charge in [0.05, 0.1) is 7.11 Å². The third-order valence-corrected chi connectivity index (χ3v) is 2.95. The van der Waals surface area contributed by atoms with E-state index in [2.05, 4.69) is 4.37 Å². The summed E-state index contributed by atoms with van der Waals surface area (Å²) in [5.74, 6) is -0.967. The van der Waals surface area contributed by atoms with Crippen molar-refractivity contribution in [1.29, 1.82) is 0 Å². The molecule has 0 saturated heterocycles. The second kappa shape index (κ2) is 5.49. The first-order valence-electron chi connectivity index (χ1n) is 5.16. The smallest absolute Gasteiger partial charge is 0.355 e. The minimum Gasteiger partial charge on any atom is -0.497 e. The molecular formula is C12H9NO5S. The highest BCUT2D eigenvalue weighted by atomic mass is 32.1. The molecule has 0 spiro atoms. The van der Waals surface area contributed by atoms with Gasteiger partial charge in [-0.2, -0.15) is 4.37 Å². The number of hydrogen-bond donors (Lipinski definition) is 1. The van der Waals surface area contributed by atoms with Gasteiger partial charge in [0.1, 0.15) is 16.4 Å². The summed E-state index contributed by atoms with van der Waals surface area (Å²) in [6.07, 6.45) is 0. The second-order valence-corrected chi connectivity index (χ2v) is 4.26. The number of carbonyl (C=O) groups is 2. The summed E-state index contributed by atoms with van der Waals surface area (Å²) in [6, 6.07) is 7.72. The lowest BCUT2D eigenvalue weighted by atomic mass is 10.3. The van der Waals surface area contributed by atoms with Crippen LogP contribution in [0.5, 0.6) is 11.5 Å². The highest BCUT2D eigenvalue weighted by molar-refractivity contribution is 7.08. The van der Waals surface area contributed by atoms with Gasteiger partial charge < -0.3 is 14.6 Å². The Labute approximate surface area is 112 Å². The van der Waals surface area contributed by atoms with Crippen LogP contribution in [0.2, 0.25) is 0 Å². The van der Waals surface area contributed by atoms with Gasteiger partial charge in [0.15, 0.2) is 5.69 Å². The number of esters is 1. The number of methoxy groups -OCH3 is 1. The summed E-state index contributed by atoms with van der Waals surface area (Å²) in [4.78, 5) is 22.5. The number of rotatable bonds is 4. The van der Waals surface area contributed by atoms with Crippen molar-refractivity contribution < 1.29 is 24.2 Å². The van der Waals surface area contributed by atoms with Crippen LogP contribution in [0, 0.1) is 0 Å². The quantitative estimate of drug-likeness (QED) is 0.681. The van der Waals surface area contributed by atoms with E-state index < -0.39 is 11.9 Å². The number of aromatic carboxylic acids is 1. The van der Waals surface area contributed by atoms with Crippen molar-refractivity contribution in [2.24, 2.45) is 0 Å². The fourth-order valence-corrected chi connectivity index (χ4v) is 1.90. The Morgan fingerprint density at radius 3 is 2.63 bits per heavy atom. The van der Waals surface area contributed by atoms with E-state index in [1.165, 1.54) is 13.2 Å². The number of carbonyl (C=O) groups excluding carboxylic acids is 1. The maximum atomic E-state index is 11.8. The third-order valence-electron chi connectivity index (χ3n) is 2.18. The molecule has 1 heterocycles. The number of carboxylic acid groups (broad SMARTS) is 1. The van der Waals surface area contributed by atoms with Crippen molar-refractivity contribution in [1.82, 2.24) is 4.37 Å². The normalized spacial score (nSPS) is 9.95. The van der Waals surface area contributed by atoms with E-state index in [1.54, 1.807) is 24.3 Å². The average Bonchev–Trinajstić information content (AvgIpc) is 2.89. The molecule has 0 amide bonds. The number of ether oxygens (including phenoxy) is 2. The number of benzene rings is 1. The average molecular weight is 279 g/mol. The van der Waals surface area contributed by atoms with Gasteiger partial charge >= 0.3 is 11.9 Å². The van der Waals surface area contributed by atoms with Crippen molar-refractivity contribution in [2.75, 3.05) is 7.11 Å². The monoisotopic (exact) mass is 279 g/mol. The van der Waals surface area contributed by atoms with Crippen LogP contribution in [0.25, 0.3) is 0 Å². The molecule has 6 nitrogen and oxygen atoms in total. The molecule has 19 heavy (non-hydrogen) atoms. The topological polar surface area (TPSA) is 85.7 Å². The van der Waals surface area contributed by atoms with Crippen molar-refractivity contribution in [2.45, 2.75) is 0 Å². The van der Waals surface area contributed by atoms with E-state index in [1.807, 2.05) is 0 Å². The summed E-state index contributed by atoms with van der Waals surface area (Å²) in [5.41, 5.74) is -0.178. The van der Waals surface area contributed by atoms with Crippen LogP contribution < -0.4 is 9.47 Å². The molecule has 0 aliphatic heterocycles. The van der Waals surface area contributed by atoms with E-state index in [9.17, 15) is 9.59 Å². The van der Waals surface area contributed by atoms with Crippen LogP contribution >= 0.6 is 11.5 Å². The summed E-state index contributed by atoms with van der Waals surface area (Å²) in [6.45, 7) is 0. The Morgan fingerprint density at radius 2 is 2.00 bits per heavy atom. The molecule has 1 N–H and O–H groups in total. The van der Waals surface area contributed by atoms with E-state index >= 15 is 0 Å². The lowest BCUT2D eigenvalue weighted by Crippen LogP contribution is -2.06. The van der Waals surface area contributed by atoms with Crippen molar-refractivity contribution in [3.8, 4) is 11.5 Å². The Hall–Kier alpha value is -2.41. The first-order valence-corrected chi connectivity index (χ1v) is 5.93. The Bertz CT molecular complexity index is 622. The molecule has 2 rings (SSSR count). The van der Waals surface area contributed by atoms with E-state index in [0.29, 0.717) is 11.5 Å². The van der Waals surface area contributed by atoms with Gasteiger partial charge in [0.2, 0.25) is 0 Å². The largest absolute Gasteiger partial charge is 0.497 e. The zero-order valence-electron chi connectivity index (χ0n) is 9.82. The summed E-state index contributed by atoms with van der Waals surface area (Å²) >= 11 is 0.779. The molecule has 2 aromatic rings. The molecule has 0 fully saturated rings. The Kier molecular flexibility index (Phi) is 3.76. The molecule has 0 unspecified atom stereocenters. The number of nitrogens with zero attached hydrogens (tertiary/aromatic N) is 1. The number of aromatic nitrogens is 1. The van der Waals surface area contributed by atoms with Crippen LogP contribution in [-0.4, -0.2) is 28.5 Å². The van der Waals surface area contributed by atoms with Crippen molar-refractivity contribution in [3.05, 3.63) is 40.9 Å². The third kappa shape index (κ3) is 3.08. The minimum absolute atomic E-state index is 0.125. The molecule has 0 atom stereocenters. The van der Waals surface area contributed by atoms with Crippen LogP contribution in [0.4, 0.5) is 0 Å². The first-order chi connectivity index (χ1) is 9.10. The minimum atomic E-state index is -1.18. The van der Waals surface area contributed by atoms with Gasteiger partial charge in [-0.25, -0.2) is 9.59 Å². The summed E-state index contributed by atoms with van der Waals surface area (Å²) in [7, 11) is 1.50. The molecule has 0 aliphatic carbocycles. The molecule has 98 valence electrons. The fourth-order valence-electron chi connectivity index (χ4n) is 1.29. The van der Waals surface area contributed by atoms with Crippen LogP contribution in [0.1, 0.15) is 20.2 Å². The molecule has 0 saturated carbocycles. The Balaban J connectivity index is 2.13. The van der Waals surface area contributed by atoms with Gasteiger partial charge in [0.25, 0.3) is 0 Å². The van der Waals surface area contributed by atoms with E-state index in [-0.39, 0.29) is 10.6 Å². The zero-order valence-corrected chi connectivity index (χ0v) is 10.6. The highest BCUT2D eigenvalue weighted by Crippen LogP contribution is 2.21. The summed E-state index contributed by atoms with van der Waals surface area (Å²) < 4.78 is 13.7. The van der Waals surface area contributed by atoms with Gasteiger partial charge in [0, 0.05) is 6.07 Å². The summed E-state index contributed by atoms with van der Waals surface area (Å²) in [5, 5.41) is 8.71. The number of carboxylic acids is 1. The Morgan fingerprint density at radius 1 is 1.26 bits per heavy atom. The van der Waals surface area contributed by atoms with Crippen LogP contribution in [0.3, 0.4) is 0 Å². The van der Waals surface area contributed by atoms with Gasteiger partial charge in [-0.3, -0.25) is 0 Å². The molecule has 0 aliphatic rings. The van der Waals surface area contributed by atoms with Crippen LogP contribution in [0.15, 0.2) is 30.3 Å².